The molecule has 0 unspecified atom stereocenters. The fourth-order valence-corrected chi connectivity index (χ4v) is 1.33. The van der Waals surface area contributed by atoms with Crippen molar-refractivity contribution in [2.45, 2.75) is 19.3 Å². The standard InChI is InChI=1S/C10H5F6N/c1-5-3-6(9(11,12)13)8(17-2)7(4-5)10(14,15)16/h3-4H,1H3. The van der Waals surface area contributed by atoms with E-state index in [4.69, 9.17) is 6.57 Å². The molecule has 17 heavy (non-hydrogen) atoms. The highest BCUT2D eigenvalue weighted by Gasteiger charge is 2.41. The van der Waals surface area contributed by atoms with Crippen LogP contribution in [0.15, 0.2) is 12.1 Å². The molecule has 0 radical (unpaired) electrons. The van der Waals surface area contributed by atoms with Gasteiger partial charge in [-0.25, -0.2) is 4.85 Å². The summed E-state index contributed by atoms with van der Waals surface area (Å²) in [6, 6.07) is 1.06. The Labute approximate surface area is 92.5 Å². The predicted octanol–water partition coefficient (Wildman–Crippen LogP) is 4.58. The zero-order valence-corrected chi connectivity index (χ0v) is 8.37. The summed E-state index contributed by atoms with van der Waals surface area (Å²) in [6.45, 7) is 7.59. The Bertz CT molecular complexity index is 442. The molecule has 1 nitrogen and oxygen atoms in total. The zero-order valence-electron chi connectivity index (χ0n) is 8.37. The van der Waals surface area contributed by atoms with Crippen molar-refractivity contribution in [2.75, 3.05) is 0 Å². The highest BCUT2D eigenvalue weighted by atomic mass is 19.4. The first kappa shape index (κ1) is 13.4. The molecule has 0 amide bonds. The molecule has 0 aliphatic rings. The smallest absolute Gasteiger partial charge is 0.237 e. The summed E-state index contributed by atoms with van der Waals surface area (Å²) in [4.78, 5) is 2.35. The summed E-state index contributed by atoms with van der Waals surface area (Å²) < 4.78 is 74.8. The Morgan fingerprint density at radius 2 is 1.29 bits per heavy atom. The average Bonchev–Trinajstić information content (AvgIpc) is 2.13. The molecule has 0 fully saturated rings. The third kappa shape index (κ3) is 2.70. The molecule has 1 rings (SSSR count). The SMILES string of the molecule is [C-]#[N+]c1c(C(F)(F)F)cc(C)cc1C(F)(F)F. The van der Waals surface area contributed by atoms with E-state index in [9.17, 15) is 26.3 Å². The monoisotopic (exact) mass is 253 g/mol. The molecule has 1 aromatic rings. The lowest BCUT2D eigenvalue weighted by Crippen LogP contribution is -2.12. The van der Waals surface area contributed by atoms with E-state index in [1.54, 1.807) is 0 Å². The molecule has 0 saturated carbocycles. The van der Waals surface area contributed by atoms with Crippen molar-refractivity contribution in [2.24, 2.45) is 0 Å². The lowest BCUT2D eigenvalue weighted by atomic mass is 10.0. The first-order chi connectivity index (χ1) is 7.57. The predicted molar refractivity (Wildman–Crippen MR) is 47.4 cm³/mol. The molecular formula is C10H5F6N. The first-order valence-electron chi connectivity index (χ1n) is 4.24. The molecule has 0 aliphatic carbocycles. The summed E-state index contributed by atoms with van der Waals surface area (Å²) in [5.41, 5.74) is -4.72. The van der Waals surface area contributed by atoms with Gasteiger partial charge >= 0.3 is 12.4 Å². The van der Waals surface area contributed by atoms with Gasteiger partial charge in [-0.2, -0.15) is 26.3 Å². The van der Waals surface area contributed by atoms with Crippen LogP contribution in [-0.2, 0) is 12.4 Å². The Morgan fingerprint density at radius 1 is 0.941 bits per heavy atom. The second kappa shape index (κ2) is 3.95. The number of rotatable bonds is 0. The van der Waals surface area contributed by atoms with Crippen LogP contribution in [0.2, 0.25) is 0 Å². The van der Waals surface area contributed by atoms with Crippen molar-refractivity contribution in [3.8, 4) is 0 Å². The van der Waals surface area contributed by atoms with Crippen molar-refractivity contribution >= 4 is 5.69 Å². The number of nitrogens with zero attached hydrogens (tertiary/aromatic N) is 1. The van der Waals surface area contributed by atoms with Gasteiger partial charge in [0.05, 0.1) is 17.7 Å². The van der Waals surface area contributed by atoms with Gasteiger partial charge in [0.15, 0.2) is 0 Å². The molecule has 0 aromatic heterocycles. The molecule has 0 spiro atoms. The van der Waals surface area contributed by atoms with Gasteiger partial charge in [0.2, 0.25) is 5.69 Å². The molecule has 0 saturated heterocycles. The Kier molecular flexibility index (Phi) is 3.10. The van der Waals surface area contributed by atoms with Gasteiger partial charge in [-0.05, 0) is 6.92 Å². The molecule has 0 bridgehead atoms. The minimum Gasteiger partial charge on any atom is -0.237 e. The number of halogens is 6. The summed E-state index contributed by atoms with van der Waals surface area (Å²) in [5, 5.41) is 0. The fourth-order valence-electron chi connectivity index (χ4n) is 1.33. The van der Waals surface area contributed by atoms with Crippen LogP contribution in [-0.4, -0.2) is 0 Å². The van der Waals surface area contributed by atoms with Crippen LogP contribution in [0.1, 0.15) is 16.7 Å². The van der Waals surface area contributed by atoms with Crippen LogP contribution in [0, 0.1) is 13.5 Å². The largest absolute Gasteiger partial charge is 0.407 e. The van der Waals surface area contributed by atoms with E-state index in [-0.39, 0.29) is 5.56 Å². The lowest BCUT2D eigenvalue weighted by Gasteiger charge is -2.15. The minimum absolute atomic E-state index is 0.197. The van der Waals surface area contributed by atoms with Crippen LogP contribution >= 0.6 is 0 Å². The summed E-state index contributed by atoms with van der Waals surface area (Å²) in [7, 11) is 0. The van der Waals surface area contributed by atoms with Crippen molar-refractivity contribution in [1.29, 1.82) is 0 Å². The molecule has 0 atom stereocenters. The van der Waals surface area contributed by atoms with Gasteiger partial charge in [0.25, 0.3) is 0 Å². The molecule has 0 N–H and O–H groups in total. The van der Waals surface area contributed by atoms with Gasteiger partial charge in [-0.15, -0.1) is 0 Å². The van der Waals surface area contributed by atoms with Crippen molar-refractivity contribution in [3.05, 3.63) is 40.2 Å². The Hall–Kier alpha value is -1.71. The number of alkyl halides is 6. The average molecular weight is 253 g/mol. The van der Waals surface area contributed by atoms with E-state index in [1.165, 1.54) is 0 Å². The van der Waals surface area contributed by atoms with Crippen molar-refractivity contribution < 1.29 is 26.3 Å². The molecule has 1 aromatic carbocycles. The highest BCUT2D eigenvalue weighted by Crippen LogP contribution is 2.44. The maximum absolute atomic E-state index is 12.5. The molecule has 92 valence electrons. The van der Waals surface area contributed by atoms with E-state index in [2.05, 4.69) is 4.85 Å². The van der Waals surface area contributed by atoms with Gasteiger partial charge in [0.1, 0.15) is 0 Å². The van der Waals surface area contributed by atoms with Gasteiger partial charge < -0.3 is 0 Å². The van der Waals surface area contributed by atoms with Gasteiger partial charge in [0, 0.05) is 0 Å². The fraction of sp³-hybridized carbons (Fsp3) is 0.300. The van der Waals surface area contributed by atoms with Crippen LogP contribution in [0.3, 0.4) is 0 Å². The van der Waals surface area contributed by atoms with E-state index < -0.39 is 29.2 Å². The lowest BCUT2D eigenvalue weighted by molar-refractivity contribution is -0.141. The second-order valence-corrected chi connectivity index (χ2v) is 3.32. The second-order valence-electron chi connectivity index (χ2n) is 3.32. The summed E-state index contributed by atoms with van der Waals surface area (Å²) in [5.74, 6) is 0. The maximum Gasteiger partial charge on any atom is 0.407 e. The van der Waals surface area contributed by atoms with E-state index in [0.717, 1.165) is 6.92 Å². The zero-order chi connectivity index (χ0) is 13.4. The number of aryl methyl sites for hydroxylation is 1. The number of benzene rings is 1. The first-order valence-corrected chi connectivity index (χ1v) is 4.24. The topological polar surface area (TPSA) is 4.36 Å². The number of hydrogen-bond acceptors (Lipinski definition) is 0. The quantitative estimate of drug-likeness (QED) is 0.470. The molecule has 0 aliphatic heterocycles. The normalized spacial score (nSPS) is 12.4. The van der Waals surface area contributed by atoms with Crippen molar-refractivity contribution in [1.82, 2.24) is 0 Å². The molecule has 0 heterocycles. The third-order valence-electron chi connectivity index (χ3n) is 1.98. The minimum atomic E-state index is -4.98. The van der Waals surface area contributed by atoms with Gasteiger partial charge in [-0.1, -0.05) is 17.7 Å². The van der Waals surface area contributed by atoms with Crippen LogP contribution in [0.5, 0.6) is 0 Å². The summed E-state index contributed by atoms with van der Waals surface area (Å²) >= 11 is 0. The summed E-state index contributed by atoms with van der Waals surface area (Å²) in [6.07, 6.45) is -9.96. The highest BCUT2D eigenvalue weighted by molar-refractivity contribution is 5.62. The maximum atomic E-state index is 12.5. The third-order valence-corrected chi connectivity index (χ3v) is 1.98. The molecular weight excluding hydrogens is 248 g/mol. The van der Waals surface area contributed by atoms with Crippen LogP contribution in [0.4, 0.5) is 32.0 Å². The Balaban J connectivity index is 3.66. The van der Waals surface area contributed by atoms with E-state index >= 15 is 0 Å². The van der Waals surface area contributed by atoms with Crippen LogP contribution in [0.25, 0.3) is 4.85 Å². The molecule has 7 heteroatoms. The van der Waals surface area contributed by atoms with Gasteiger partial charge in [-0.3, -0.25) is 0 Å². The number of hydrogen-bond donors (Lipinski definition) is 0. The Morgan fingerprint density at radius 3 is 1.53 bits per heavy atom. The van der Waals surface area contributed by atoms with Crippen molar-refractivity contribution in [3.63, 3.8) is 0 Å². The van der Waals surface area contributed by atoms with E-state index in [0.29, 0.717) is 12.1 Å². The van der Waals surface area contributed by atoms with E-state index in [1.807, 2.05) is 0 Å². The van der Waals surface area contributed by atoms with Crippen LogP contribution < -0.4 is 0 Å².